The van der Waals surface area contributed by atoms with E-state index in [4.69, 9.17) is 0 Å². The summed E-state index contributed by atoms with van der Waals surface area (Å²) in [4.78, 5) is 26.9. The number of carbonyl (C=O) groups is 1. The van der Waals surface area contributed by atoms with Crippen molar-refractivity contribution < 1.29 is 4.79 Å². The molecule has 0 saturated carbocycles. The highest BCUT2D eigenvalue weighted by molar-refractivity contribution is 7.99. The lowest BCUT2D eigenvalue weighted by atomic mass is 10.2. The summed E-state index contributed by atoms with van der Waals surface area (Å²) in [5.41, 5.74) is 2.29. The number of hydrogen-bond acceptors (Lipinski definition) is 4. The maximum Gasteiger partial charge on any atom is 0.344 e. The first-order chi connectivity index (χ1) is 9.40. The zero-order valence-electron chi connectivity index (χ0n) is 12.0. The Morgan fingerprint density at radius 1 is 1.45 bits per heavy atom. The molecule has 0 saturated heterocycles. The molecule has 0 aliphatic heterocycles. The predicted octanol–water partition coefficient (Wildman–Crippen LogP) is 2.07. The minimum atomic E-state index is -0.247. The van der Waals surface area contributed by atoms with E-state index in [0.29, 0.717) is 10.7 Å². The van der Waals surface area contributed by atoms with Crippen molar-refractivity contribution in [1.29, 1.82) is 0 Å². The lowest BCUT2D eigenvalue weighted by molar-refractivity contribution is 0.102. The van der Waals surface area contributed by atoms with Crippen molar-refractivity contribution in [3.8, 4) is 0 Å². The molecule has 108 valence electrons. The average Bonchev–Trinajstić information content (AvgIpc) is 2.89. The molecular formula is C13H18N4O2S. The number of H-pyrrole nitrogens is 2. The minimum absolute atomic E-state index is 0.00934. The van der Waals surface area contributed by atoms with E-state index in [-0.39, 0.29) is 23.3 Å². The molecule has 0 amide bonds. The van der Waals surface area contributed by atoms with Gasteiger partial charge in [-0.2, -0.15) is 0 Å². The van der Waals surface area contributed by atoms with E-state index < -0.39 is 0 Å². The van der Waals surface area contributed by atoms with Gasteiger partial charge in [-0.25, -0.2) is 9.89 Å². The average molecular weight is 294 g/mol. The van der Waals surface area contributed by atoms with Gasteiger partial charge in [0.05, 0.1) is 5.75 Å². The summed E-state index contributed by atoms with van der Waals surface area (Å²) in [6, 6.07) is 1.85. The van der Waals surface area contributed by atoms with Crippen molar-refractivity contribution >= 4 is 17.5 Å². The molecular weight excluding hydrogens is 276 g/mol. The monoisotopic (exact) mass is 294 g/mol. The van der Waals surface area contributed by atoms with Crippen LogP contribution in [0, 0.1) is 13.8 Å². The molecule has 0 radical (unpaired) electrons. The van der Waals surface area contributed by atoms with Crippen LogP contribution in [0.2, 0.25) is 0 Å². The van der Waals surface area contributed by atoms with Gasteiger partial charge >= 0.3 is 5.69 Å². The first-order valence-corrected chi connectivity index (χ1v) is 7.37. The van der Waals surface area contributed by atoms with Crippen molar-refractivity contribution in [1.82, 2.24) is 19.7 Å². The molecule has 2 N–H and O–H groups in total. The topological polar surface area (TPSA) is 83.5 Å². The van der Waals surface area contributed by atoms with Crippen molar-refractivity contribution in [2.24, 2.45) is 0 Å². The second-order valence-corrected chi connectivity index (χ2v) is 5.92. The van der Waals surface area contributed by atoms with Gasteiger partial charge in [0, 0.05) is 23.0 Å². The Morgan fingerprint density at radius 3 is 2.70 bits per heavy atom. The summed E-state index contributed by atoms with van der Waals surface area (Å²) in [6.07, 6.45) is 0. The number of aromatic nitrogens is 4. The third kappa shape index (κ3) is 2.87. The quantitative estimate of drug-likeness (QED) is 0.653. The standard InChI is InChI=1S/C13H18N4O2S/c1-7(2)17-12(19)15-16-13(17)20-6-11(18)10-5-8(3)14-9(10)4/h5,7,14H,6H2,1-4H3,(H,15,19). The van der Waals surface area contributed by atoms with Gasteiger partial charge in [0.2, 0.25) is 0 Å². The number of aryl methyl sites for hydroxylation is 2. The number of nitrogens with zero attached hydrogens (tertiary/aromatic N) is 2. The summed E-state index contributed by atoms with van der Waals surface area (Å²) in [7, 11) is 0. The Labute approximate surface area is 121 Å². The van der Waals surface area contributed by atoms with Gasteiger partial charge < -0.3 is 4.98 Å². The van der Waals surface area contributed by atoms with Crippen molar-refractivity contribution in [2.75, 3.05) is 5.75 Å². The fourth-order valence-corrected chi connectivity index (χ4v) is 3.03. The molecule has 6 nitrogen and oxygen atoms in total. The summed E-state index contributed by atoms with van der Waals surface area (Å²) in [5, 5.41) is 6.92. The van der Waals surface area contributed by atoms with Crippen LogP contribution >= 0.6 is 11.8 Å². The van der Waals surface area contributed by atoms with Gasteiger partial charge in [-0.05, 0) is 33.8 Å². The van der Waals surface area contributed by atoms with Crippen LogP contribution in [-0.2, 0) is 0 Å². The highest BCUT2D eigenvalue weighted by Crippen LogP contribution is 2.19. The van der Waals surface area contributed by atoms with Crippen molar-refractivity contribution in [3.63, 3.8) is 0 Å². The number of rotatable bonds is 5. The maximum atomic E-state index is 12.2. The molecule has 0 fully saturated rings. The zero-order valence-corrected chi connectivity index (χ0v) is 12.8. The van der Waals surface area contributed by atoms with Crippen LogP contribution in [0.25, 0.3) is 0 Å². The molecule has 2 heterocycles. The SMILES string of the molecule is Cc1cc(C(=O)CSc2n[nH]c(=O)n2C(C)C)c(C)[nH]1. The van der Waals surface area contributed by atoms with E-state index >= 15 is 0 Å². The van der Waals surface area contributed by atoms with E-state index in [1.165, 1.54) is 11.8 Å². The Hall–Kier alpha value is -1.76. The summed E-state index contributed by atoms with van der Waals surface area (Å²) in [5.74, 6) is 0.289. The zero-order chi connectivity index (χ0) is 14.9. The summed E-state index contributed by atoms with van der Waals surface area (Å²) in [6.45, 7) is 7.61. The van der Waals surface area contributed by atoms with Gasteiger partial charge in [-0.1, -0.05) is 11.8 Å². The van der Waals surface area contributed by atoms with E-state index in [2.05, 4.69) is 15.2 Å². The largest absolute Gasteiger partial charge is 0.362 e. The molecule has 2 aromatic heterocycles. The summed E-state index contributed by atoms with van der Waals surface area (Å²) >= 11 is 1.27. The van der Waals surface area contributed by atoms with E-state index in [1.54, 1.807) is 4.57 Å². The molecule has 2 rings (SSSR count). The molecule has 0 atom stereocenters. The molecule has 0 aliphatic carbocycles. The predicted molar refractivity (Wildman–Crippen MR) is 78.6 cm³/mol. The number of nitrogens with one attached hydrogen (secondary N) is 2. The lowest BCUT2D eigenvalue weighted by Gasteiger charge is -2.07. The third-order valence-corrected chi connectivity index (χ3v) is 3.92. The van der Waals surface area contributed by atoms with E-state index in [9.17, 15) is 9.59 Å². The number of aromatic amines is 2. The Morgan fingerprint density at radius 2 is 2.15 bits per heavy atom. The van der Waals surface area contributed by atoms with Gasteiger partial charge in [-0.3, -0.25) is 9.36 Å². The smallest absolute Gasteiger partial charge is 0.344 e. The van der Waals surface area contributed by atoms with Crippen LogP contribution in [0.4, 0.5) is 0 Å². The Bertz CT molecular complexity index is 681. The van der Waals surface area contributed by atoms with Crippen molar-refractivity contribution in [3.05, 3.63) is 33.5 Å². The normalized spacial score (nSPS) is 11.2. The molecule has 2 aromatic rings. The second-order valence-electron chi connectivity index (χ2n) is 4.98. The minimum Gasteiger partial charge on any atom is -0.362 e. The third-order valence-electron chi connectivity index (χ3n) is 2.97. The fraction of sp³-hybridized carbons (Fsp3) is 0.462. The Kier molecular flexibility index (Phi) is 4.17. The van der Waals surface area contributed by atoms with Gasteiger partial charge in [0.15, 0.2) is 10.9 Å². The molecule has 0 spiro atoms. The Balaban J connectivity index is 2.11. The molecule has 0 bridgehead atoms. The van der Waals surface area contributed by atoms with E-state index in [1.807, 2.05) is 33.8 Å². The number of Topliss-reactive ketones (excluding diaryl/α,β-unsaturated/α-hetero) is 1. The maximum absolute atomic E-state index is 12.2. The van der Waals surface area contributed by atoms with Gasteiger partial charge in [0.1, 0.15) is 0 Å². The molecule has 0 aromatic carbocycles. The first kappa shape index (κ1) is 14.6. The van der Waals surface area contributed by atoms with E-state index in [0.717, 1.165) is 11.4 Å². The molecule has 7 heteroatoms. The number of thioether (sulfide) groups is 1. The van der Waals surface area contributed by atoms with Crippen LogP contribution in [-0.4, -0.2) is 31.3 Å². The number of carbonyl (C=O) groups excluding carboxylic acids is 1. The van der Waals surface area contributed by atoms with Crippen LogP contribution in [0.15, 0.2) is 16.0 Å². The molecule has 0 unspecified atom stereocenters. The fourth-order valence-electron chi connectivity index (χ4n) is 2.07. The second kappa shape index (κ2) is 5.70. The number of hydrogen-bond donors (Lipinski definition) is 2. The van der Waals surface area contributed by atoms with Crippen LogP contribution in [0.1, 0.15) is 41.6 Å². The number of ketones is 1. The highest BCUT2D eigenvalue weighted by Gasteiger charge is 2.16. The molecule has 20 heavy (non-hydrogen) atoms. The summed E-state index contributed by atoms with van der Waals surface area (Å²) < 4.78 is 1.55. The lowest BCUT2D eigenvalue weighted by Crippen LogP contribution is -2.19. The first-order valence-electron chi connectivity index (χ1n) is 6.39. The van der Waals surface area contributed by atoms with Gasteiger partial charge in [0.25, 0.3) is 0 Å². The van der Waals surface area contributed by atoms with Gasteiger partial charge in [-0.15, -0.1) is 5.10 Å². The van der Waals surface area contributed by atoms with Crippen LogP contribution in [0.5, 0.6) is 0 Å². The van der Waals surface area contributed by atoms with Crippen LogP contribution in [0.3, 0.4) is 0 Å². The molecule has 0 aliphatic rings. The van der Waals surface area contributed by atoms with Crippen LogP contribution < -0.4 is 5.69 Å². The van der Waals surface area contributed by atoms with Crippen molar-refractivity contribution in [2.45, 2.75) is 38.9 Å². The highest BCUT2D eigenvalue weighted by atomic mass is 32.2.